The first kappa shape index (κ1) is 16.5. The number of anilines is 1. The van der Waals surface area contributed by atoms with Gasteiger partial charge in [0.1, 0.15) is 16.9 Å². The number of amides is 1. The topological polar surface area (TPSA) is 76.4 Å². The van der Waals surface area contributed by atoms with Crippen molar-refractivity contribution >= 4 is 43.4 Å². The third-order valence-electron chi connectivity index (χ3n) is 3.60. The van der Waals surface area contributed by atoms with Crippen molar-refractivity contribution < 1.29 is 17.6 Å². The molecular formula is C18H19NO4S. The molecule has 1 N–H and O–H groups in total. The molecule has 126 valence electrons. The van der Waals surface area contributed by atoms with Crippen molar-refractivity contribution in [2.45, 2.75) is 13.8 Å². The Balaban J connectivity index is 1.80. The molecule has 0 saturated heterocycles. The molecule has 0 aliphatic carbocycles. The molecule has 0 fully saturated rings. The fourth-order valence-electron chi connectivity index (χ4n) is 2.77. The number of rotatable bonds is 5. The van der Waals surface area contributed by atoms with E-state index in [-0.39, 0.29) is 11.7 Å². The van der Waals surface area contributed by atoms with Crippen molar-refractivity contribution in [1.82, 2.24) is 0 Å². The third-order valence-corrected chi connectivity index (χ3v) is 5.48. The summed E-state index contributed by atoms with van der Waals surface area (Å²) in [5.74, 6) is -1.05. The zero-order valence-electron chi connectivity index (χ0n) is 13.6. The third kappa shape index (κ3) is 3.59. The Bertz CT molecular complexity index is 1000. The van der Waals surface area contributed by atoms with E-state index < -0.39 is 21.5 Å². The Labute approximate surface area is 140 Å². The Morgan fingerprint density at radius 3 is 2.54 bits per heavy atom. The molecule has 0 bridgehead atoms. The van der Waals surface area contributed by atoms with E-state index in [1.807, 2.05) is 44.2 Å². The zero-order valence-corrected chi connectivity index (χ0v) is 14.4. The van der Waals surface area contributed by atoms with E-state index in [0.717, 1.165) is 16.4 Å². The van der Waals surface area contributed by atoms with Crippen molar-refractivity contribution in [1.29, 1.82) is 0 Å². The standard InChI is InChI=1S/C18H19NO4S/c1-12(2)10-24(21,22)11-18(20)19-13-7-8-15-14-5-3-4-6-16(14)23-17(15)9-13/h3-9,12H,10-11H2,1-2H3,(H,19,20). The lowest BCUT2D eigenvalue weighted by molar-refractivity contribution is -0.113. The zero-order chi connectivity index (χ0) is 17.3. The van der Waals surface area contributed by atoms with Gasteiger partial charge in [0, 0.05) is 22.5 Å². The van der Waals surface area contributed by atoms with Crippen LogP contribution < -0.4 is 5.32 Å². The Kier molecular flexibility index (Phi) is 4.32. The molecule has 0 aliphatic heterocycles. The van der Waals surface area contributed by atoms with Crippen LogP contribution in [0.5, 0.6) is 0 Å². The summed E-state index contributed by atoms with van der Waals surface area (Å²) in [4.78, 5) is 12.0. The second-order valence-corrected chi connectivity index (χ2v) is 8.41. The summed E-state index contributed by atoms with van der Waals surface area (Å²) in [6.45, 7) is 3.62. The minimum Gasteiger partial charge on any atom is -0.456 e. The summed E-state index contributed by atoms with van der Waals surface area (Å²) < 4.78 is 29.5. The molecule has 0 unspecified atom stereocenters. The van der Waals surface area contributed by atoms with Gasteiger partial charge < -0.3 is 9.73 Å². The van der Waals surface area contributed by atoms with Crippen LogP contribution in [-0.2, 0) is 14.6 Å². The van der Waals surface area contributed by atoms with Crippen LogP contribution in [0.15, 0.2) is 46.9 Å². The molecule has 5 nitrogen and oxygen atoms in total. The van der Waals surface area contributed by atoms with E-state index in [2.05, 4.69) is 5.32 Å². The first-order valence-corrected chi connectivity index (χ1v) is 9.58. The quantitative estimate of drug-likeness (QED) is 0.766. The Morgan fingerprint density at radius 1 is 1.08 bits per heavy atom. The van der Waals surface area contributed by atoms with Gasteiger partial charge in [0.05, 0.1) is 5.75 Å². The van der Waals surface area contributed by atoms with E-state index in [0.29, 0.717) is 11.3 Å². The second-order valence-electron chi connectivity index (χ2n) is 6.31. The highest BCUT2D eigenvalue weighted by atomic mass is 32.2. The number of sulfone groups is 1. The van der Waals surface area contributed by atoms with Crippen molar-refractivity contribution in [3.8, 4) is 0 Å². The molecular weight excluding hydrogens is 326 g/mol. The van der Waals surface area contributed by atoms with Crippen LogP contribution in [0.4, 0.5) is 5.69 Å². The highest BCUT2D eigenvalue weighted by molar-refractivity contribution is 7.92. The first-order chi connectivity index (χ1) is 11.3. The van der Waals surface area contributed by atoms with E-state index in [1.54, 1.807) is 12.1 Å². The molecule has 0 saturated carbocycles. The fraction of sp³-hybridized carbons (Fsp3) is 0.278. The molecule has 0 spiro atoms. The molecule has 3 rings (SSSR count). The van der Waals surface area contributed by atoms with E-state index in [9.17, 15) is 13.2 Å². The monoisotopic (exact) mass is 345 g/mol. The number of para-hydroxylation sites is 1. The normalized spacial score (nSPS) is 12.1. The van der Waals surface area contributed by atoms with E-state index >= 15 is 0 Å². The minimum atomic E-state index is -3.40. The van der Waals surface area contributed by atoms with Crippen LogP contribution in [0.25, 0.3) is 21.9 Å². The SMILES string of the molecule is CC(C)CS(=O)(=O)CC(=O)Nc1ccc2c(c1)oc1ccccc12. The number of fused-ring (bicyclic) bond motifs is 3. The molecule has 0 aliphatic rings. The lowest BCUT2D eigenvalue weighted by Gasteiger charge is -2.08. The van der Waals surface area contributed by atoms with Gasteiger partial charge in [0.2, 0.25) is 5.91 Å². The minimum absolute atomic E-state index is 0.00300. The van der Waals surface area contributed by atoms with Crippen molar-refractivity contribution in [2.24, 2.45) is 5.92 Å². The summed E-state index contributed by atoms with van der Waals surface area (Å²) in [6, 6.07) is 13.0. The van der Waals surface area contributed by atoms with Crippen LogP contribution in [0.3, 0.4) is 0 Å². The summed E-state index contributed by atoms with van der Waals surface area (Å²) in [6.07, 6.45) is 0. The molecule has 24 heavy (non-hydrogen) atoms. The number of furan rings is 1. The average Bonchev–Trinajstić information content (AvgIpc) is 2.82. The van der Waals surface area contributed by atoms with Gasteiger partial charge in [-0.15, -0.1) is 0 Å². The Hall–Kier alpha value is -2.34. The average molecular weight is 345 g/mol. The fourth-order valence-corrected chi connectivity index (χ4v) is 4.37. The smallest absolute Gasteiger partial charge is 0.239 e. The van der Waals surface area contributed by atoms with Crippen molar-refractivity contribution in [3.63, 3.8) is 0 Å². The van der Waals surface area contributed by atoms with Gasteiger partial charge in [-0.3, -0.25) is 4.79 Å². The first-order valence-electron chi connectivity index (χ1n) is 7.75. The summed E-state index contributed by atoms with van der Waals surface area (Å²) in [7, 11) is -3.40. The maximum Gasteiger partial charge on any atom is 0.239 e. The maximum atomic E-state index is 12.0. The maximum absolute atomic E-state index is 12.0. The largest absolute Gasteiger partial charge is 0.456 e. The number of carbonyl (C=O) groups is 1. The van der Waals surface area contributed by atoms with Gasteiger partial charge in [0.25, 0.3) is 0 Å². The molecule has 2 aromatic carbocycles. The summed E-state index contributed by atoms with van der Waals surface area (Å²) >= 11 is 0. The predicted octanol–water partition coefficient (Wildman–Crippen LogP) is 3.60. The highest BCUT2D eigenvalue weighted by Crippen LogP contribution is 2.30. The molecule has 0 atom stereocenters. The molecule has 1 amide bonds. The predicted molar refractivity (Wildman–Crippen MR) is 95.8 cm³/mol. The summed E-state index contributed by atoms with van der Waals surface area (Å²) in [5, 5.41) is 4.59. The van der Waals surface area contributed by atoms with Gasteiger partial charge >= 0.3 is 0 Å². The van der Waals surface area contributed by atoms with Gasteiger partial charge in [0.15, 0.2) is 9.84 Å². The molecule has 1 aromatic heterocycles. The van der Waals surface area contributed by atoms with Crippen molar-refractivity contribution in [3.05, 3.63) is 42.5 Å². The molecule has 1 heterocycles. The number of hydrogen-bond acceptors (Lipinski definition) is 4. The molecule has 3 aromatic rings. The number of hydrogen-bond donors (Lipinski definition) is 1. The van der Waals surface area contributed by atoms with Gasteiger partial charge in [-0.2, -0.15) is 0 Å². The van der Waals surface area contributed by atoms with Crippen LogP contribution in [0.2, 0.25) is 0 Å². The van der Waals surface area contributed by atoms with Gasteiger partial charge in [-0.1, -0.05) is 32.0 Å². The number of nitrogens with one attached hydrogen (secondary N) is 1. The van der Waals surface area contributed by atoms with Gasteiger partial charge in [-0.25, -0.2) is 8.42 Å². The van der Waals surface area contributed by atoms with Crippen molar-refractivity contribution in [2.75, 3.05) is 16.8 Å². The van der Waals surface area contributed by atoms with Crippen LogP contribution in [0.1, 0.15) is 13.8 Å². The Morgan fingerprint density at radius 2 is 1.79 bits per heavy atom. The number of benzene rings is 2. The summed E-state index contributed by atoms with van der Waals surface area (Å²) in [5.41, 5.74) is 1.95. The highest BCUT2D eigenvalue weighted by Gasteiger charge is 2.18. The second kappa shape index (κ2) is 6.28. The van der Waals surface area contributed by atoms with Crippen LogP contribution >= 0.6 is 0 Å². The van der Waals surface area contributed by atoms with Gasteiger partial charge in [-0.05, 0) is 24.1 Å². The van der Waals surface area contributed by atoms with E-state index in [4.69, 9.17) is 4.42 Å². The number of carbonyl (C=O) groups excluding carboxylic acids is 1. The molecule has 0 radical (unpaired) electrons. The van der Waals surface area contributed by atoms with Crippen LogP contribution in [-0.4, -0.2) is 25.8 Å². The lowest BCUT2D eigenvalue weighted by atomic mass is 10.1. The van der Waals surface area contributed by atoms with E-state index in [1.165, 1.54) is 0 Å². The molecule has 6 heteroatoms. The lowest BCUT2D eigenvalue weighted by Crippen LogP contribution is -2.26. The van der Waals surface area contributed by atoms with Crippen LogP contribution in [0, 0.1) is 5.92 Å².